The average Bonchev–Trinajstić information content (AvgIpc) is 2.33. The molecule has 0 aromatic heterocycles. The van der Waals surface area contributed by atoms with Gasteiger partial charge in [0.25, 0.3) is 0 Å². The van der Waals surface area contributed by atoms with Crippen molar-refractivity contribution in [1.29, 1.82) is 0 Å². The number of aryl methyl sites for hydroxylation is 1. The third-order valence-electron chi connectivity index (χ3n) is 4.41. The van der Waals surface area contributed by atoms with Gasteiger partial charge in [0, 0.05) is 5.54 Å². The molecule has 2 N–H and O–H groups in total. The van der Waals surface area contributed by atoms with E-state index in [-0.39, 0.29) is 11.4 Å². The van der Waals surface area contributed by atoms with Gasteiger partial charge in [0.2, 0.25) is 0 Å². The van der Waals surface area contributed by atoms with Crippen molar-refractivity contribution in [3.8, 4) is 0 Å². The van der Waals surface area contributed by atoms with Gasteiger partial charge >= 0.3 is 0 Å². The molecule has 18 heavy (non-hydrogen) atoms. The molecule has 1 saturated carbocycles. The summed E-state index contributed by atoms with van der Waals surface area (Å²) in [7, 11) is 0. The Balaban J connectivity index is 2.14. The van der Waals surface area contributed by atoms with Crippen LogP contribution < -0.4 is 5.73 Å². The fourth-order valence-electron chi connectivity index (χ4n) is 3.24. The summed E-state index contributed by atoms with van der Waals surface area (Å²) in [5.74, 6) is 0.597. The number of hydrogen-bond donors (Lipinski definition) is 1. The molecular weight excluding hydrogens is 225 g/mol. The van der Waals surface area contributed by atoms with Gasteiger partial charge in [-0.05, 0) is 55.4 Å². The van der Waals surface area contributed by atoms with Crippen molar-refractivity contribution < 1.29 is 4.39 Å². The molecule has 2 heteroatoms. The minimum atomic E-state index is -0.151. The second-order valence-corrected chi connectivity index (χ2v) is 5.98. The molecular formula is C16H24FN. The Hall–Kier alpha value is -0.890. The summed E-state index contributed by atoms with van der Waals surface area (Å²) in [6, 6.07) is 5.03. The van der Waals surface area contributed by atoms with Gasteiger partial charge in [-0.15, -0.1) is 0 Å². The summed E-state index contributed by atoms with van der Waals surface area (Å²) in [6.45, 7) is 4.28. The van der Waals surface area contributed by atoms with E-state index in [0.29, 0.717) is 0 Å². The van der Waals surface area contributed by atoms with Crippen molar-refractivity contribution >= 4 is 0 Å². The minimum absolute atomic E-state index is 0.127. The highest BCUT2D eigenvalue weighted by Crippen LogP contribution is 2.35. The van der Waals surface area contributed by atoms with Crippen molar-refractivity contribution in [2.45, 2.75) is 57.9 Å². The van der Waals surface area contributed by atoms with E-state index in [9.17, 15) is 4.39 Å². The highest BCUT2D eigenvalue weighted by Gasteiger charge is 2.32. The summed E-state index contributed by atoms with van der Waals surface area (Å²) in [5, 5.41) is 0. The quantitative estimate of drug-likeness (QED) is 0.861. The minimum Gasteiger partial charge on any atom is -0.325 e. The van der Waals surface area contributed by atoms with Crippen LogP contribution in [-0.2, 0) is 6.42 Å². The van der Waals surface area contributed by atoms with Gasteiger partial charge in [-0.3, -0.25) is 0 Å². The van der Waals surface area contributed by atoms with Crippen molar-refractivity contribution in [1.82, 2.24) is 0 Å². The Morgan fingerprint density at radius 1 is 1.44 bits per heavy atom. The van der Waals surface area contributed by atoms with Crippen LogP contribution in [0.4, 0.5) is 4.39 Å². The largest absolute Gasteiger partial charge is 0.325 e. The Morgan fingerprint density at radius 3 is 2.94 bits per heavy atom. The zero-order valence-corrected chi connectivity index (χ0v) is 11.5. The second kappa shape index (κ2) is 5.40. The number of halogens is 1. The van der Waals surface area contributed by atoms with E-state index in [2.05, 4.69) is 6.92 Å². The van der Waals surface area contributed by atoms with E-state index in [1.165, 1.54) is 25.3 Å². The molecule has 100 valence electrons. The van der Waals surface area contributed by atoms with Gasteiger partial charge in [0.1, 0.15) is 5.82 Å². The van der Waals surface area contributed by atoms with Crippen molar-refractivity contribution in [3.05, 3.63) is 35.1 Å². The lowest BCUT2D eigenvalue weighted by Crippen LogP contribution is -2.46. The monoisotopic (exact) mass is 249 g/mol. The molecule has 0 spiro atoms. The summed E-state index contributed by atoms with van der Waals surface area (Å²) >= 11 is 0. The van der Waals surface area contributed by atoms with Crippen LogP contribution in [-0.4, -0.2) is 5.54 Å². The molecule has 0 heterocycles. The van der Waals surface area contributed by atoms with E-state index in [1.807, 2.05) is 13.0 Å². The highest BCUT2D eigenvalue weighted by molar-refractivity contribution is 5.28. The lowest BCUT2D eigenvalue weighted by atomic mass is 9.72. The molecule has 1 aliphatic rings. The molecule has 1 aromatic carbocycles. The topological polar surface area (TPSA) is 26.0 Å². The van der Waals surface area contributed by atoms with E-state index >= 15 is 0 Å². The smallest absolute Gasteiger partial charge is 0.123 e. The molecule has 0 amide bonds. The van der Waals surface area contributed by atoms with Crippen molar-refractivity contribution in [3.63, 3.8) is 0 Å². The van der Waals surface area contributed by atoms with Gasteiger partial charge in [0.05, 0.1) is 0 Å². The van der Waals surface area contributed by atoms with Gasteiger partial charge in [-0.1, -0.05) is 32.3 Å². The van der Waals surface area contributed by atoms with Crippen LogP contribution in [0.15, 0.2) is 18.2 Å². The number of rotatable bonds is 3. The second-order valence-electron chi connectivity index (χ2n) is 5.98. The first-order valence-electron chi connectivity index (χ1n) is 7.06. The zero-order chi connectivity index (χ0) is 13.2. The van der Waals surface area contributed by atoms with E-state index in [1.54, 1.807) is 6.07 Å². The van der Waals surface area contributed by atoms with Crippen LogP contribution in [0.2, 0.25) is 0 Å². The van der Waals surface area contributed by atoms with Gasteiger partial charge in [0.15, 0.2) is 0 Å². The van der Waals surface area contributed by atoms with Gasteiger partial charge < -0.3 is 5.73 Å². The van der Waals surface area contributed by atoms with Crippen molar-refractivity contribution in [2.24, 2.45) is 11.7 Å². The third kappa shape index (κ3) is 3.11. The maximum Gasteiger partial charge on any atom is 0.123 e. The first-order valence-corrected chi connectivity index (χ1v) is 7.06. The van der Waals surface area contributed by atoms with Crippen LogP contribution in [0.1, 0.15) is 50.2 Å². The molecule has 1 aromatic rings. The highest BCUT2D eigenvalue weighted by atomic mass is 19.1. The van der Waals surface area contributed by atoms with Crippen LogP contribution >= 0.6 is 0 Å². The Labute approximate surface area is 110 Å². The maximum atomic E-state index is 13.3. The van der Waals surface area contributed by atoms with Crippen LogP contribution in [0, 0.1) is 18.7 Å². The molecule has 0 saturated heterocycles. The summed E-state index contributed by atoms with van der Waals surface area (Å²) in [5.41, 5.74) is 8.66. The van der Waals surface area contributed by atoms with E-state index in [4.69, 9.17) is 5.73 Å². The molecule has 1 nitrogen and oxygen atoms in total. The zero-order valence-electron chi connectivity index (χ0n) is 11.5. The Bertz CT molecular complexity index is 416. The molecule has 1 aliphatic carbocycles. The first kappa shape index (κ1) is 13.5. The third-order valence-corrected chi connectivity index (χ3v) is 4.41. The number of hydrogen-bond acceptors (Lipinski definition) is 1. The molecule has 0 bridgehead atoms. The molecule has 2 unspecified atom stereocenters. The van der Waals surface area contributed by atoms with E-state index in [0.717, 1.165) is 36.3 Å². The average molecular weight is 249 g/mol. The Kier molecular flexibility index (Phi) is 4.06. The molecule has 0 aliphatic heterocycles. The Morgan fingerprint density at radius 2 is 2.22 bits per heavy atom. The predicted octanol–water partition coefficient (Wildman–Crippen LogP) is 3.97. The van der Waals surface area contributed by atoms with Crippen LogP contribution in [0.5, 0.6) is 0 Å². The maximum absolute atomic E-state index is 13.3. The van der Waals surface area contributed by atoms with E-state index < -0.39 is 0 Å². The van der Waals surface area contributed by atoms with Crippen molar-refractivity contribution in [2.75, 3.05) is 0 Å². The van der Waals surface area contributed by atoms with Crippen LogP contribution in [0.3, 0.4) is 0 Å². The molecule has 2 atom stereocenters. The molecule has 2 rings (SSSR count). The molecule has 1 fully saturated rings. The van der Waals surface area contributed by atoms with Crippen LogP contribution in [0.25, 0.3) is 0 Å². The normalized spacial score (nSPS) is 28.3. The summed E-state index contributed by atoms with van der Waals surface area (Å²) < 4.78 is 13.3. The first-order chi connectivity index (χ1) is 8.52. The molecule has 0 radical (unpaired) electrons. The summed E-state index contributed by atoms with van der Waals surface area (Å²) in [4.78, 5) is 0. The number of nitrogens with two attached hydrogens (primary N) is 1. The number of benzene rings is 1. The fourth-order valence-corrected chi connectivity index (χ4v) is 3.24. The lowest BCUT2D eigenvalue weighted by molar-refractivity contribution is 0.218. The SMILES string of the molecule is CCC1CCCC(N)(Cc2cc(F)ccc2C)C1. The fraction of sp³-hybridized carbons (Fsp3) is 0.625. The van der Waals surface area contributed by atoms with Gasteiger partial charge in [-0.2, -0.15) is 0 Å². The standard InChI is InChI=1S/C16H24FN/c1-3-13-5-4-8-16(18,10-13)11-14-9-15(17)7-6-12(14)2/h6-7,9,13H,3-5,8,10-11,18H2,1-2H3. The van der Waals surface area contributed by atoms with Gasteiger partial charge in [-0.25, -0.2) is 4.39 Å². The lowest BCUT2D eigenvalue weighted by Gasteiger charge is -2.38. The predicted molar refractivity (Wildman–Crippen MR) is 74.0 cm³/mol. The summed E-state index contributed by atoms with van der Waals surface area (Å²) in [6.07, 6.45) is 6.69.